The zero-order valence-electron chi connectivity index (χ0n) is 20.0. The highest BCUT2D eigenvalue weighted by Gasteiger charge is 2.22. The van der Waals surface area contributed by atoms with Crippen molar-refractivity contribution in [3.63, 3.8) is 0 Å². The van der Waals surface area contributed by atoms with Gasteiger partial charge in [0.05, 0.1) is 23.4 Å². The minimum Gasteiger partial charge on any atom is -0.302 e. The second-order valence-corrected chi connectivity index (χ2v) is 9.83. The zero-order chi connectivity index (χ0) is 25.2. The molecule has 36 heavy (non-hydrogen) atoms. The maximum Gasteiger partial charge on any atom is 0.209 e. The molecule has 0 bridgehead atoms. The highest BCUT2D eigenvalue weighted by molar-refractivity contribution is 9.10. The molecular formula is C30H24BrN3O2. The number of hydrogen-bond donors (Lipinski definition) is 0. The summed E-state index contributed by atoms with van der Waals surface area (Å²) in [6.07, 6.45) is 1.63. The molecule has 0 atom stereocenters. The summed E-state index contributed by atoms with van der Waals surface area (Å²) < 4.78 is 2.53. The lowest BCUT2D eigenvalue weighted by atomic mass is 10.0. The highest BCUT2D eigenvalue weighted by Crippen LogP contribution is 2.27. The normalized spacial score (nSPS) is 11.2. The number of Topliss-reactive ketones (excluding diaryl/α,β-unsaturated/α-hetero) is 1. The maximum absolute atomic E-state index is 13.4. The third-order valence-electron chi connectivity index (χ3n) is 6.03. The van der Waals surface area contributed by atoms with Gasteiger partial charge in [-0.05, 0) is 49.5 Å². The summed E-state index contributed by atoms with van der Waals surface area (Å²) in [6.45, 7) is 0.244. The van der Waals surface area contributed by atoms with E-state index in [2.05, 4.69) is 45.2 Å². The minimum atomic E-state index is -0.169. The monoisotopic (exact) mass is 537 g/mol. The van der Waals surface area contributed by atoms with E-state index < -0.39 is 0 Å². The van der Waals surface area contributed by atoms with Gasteiger partial charge in [-0.15, -0.1) is 0 Å². The van der Waals surface area contributed by atoms with Crippen LogP contribution in [0.25, 0.3) is 27.9 Å². The van der Waals surface area contributed by atoms with Crippen LogP contribution in [0.2, 0.25) is 0 Å². The standard InChI is InChI=1S/C30H24BrN3O2/c1-33(2)18-29(35)25-16-28(30(36)23-9-6-10-24(31)15-23)34-19-32-26(17-27(25)34)22-13-11-21(12-14-22)20-7-4-3-5-8-20/h3-17,19H,18H2,1-2H3. The van der Waals surface area contributed by atoms with E-state index in [0.717, 1.165) is 26.9 Å². The smallest absolute Gasteiger partial charge is 0.209 e. The van der Waals surface area contributed by atoms with Crippen LogP contribution in [0.1, 0.15) is 26.4 Å². The molecule has 0 spiro atoms. The van der Waals surface area contributed by atoms with E-state index in [4.69, 9.17) is 0 Å². The predicted molar refractivity (Wildman–Crippen MR) is 147 cm³/mol. The molecule has 5 rings (SSSR count). The molecule has 2 aromatic heterocycles. The van der Waals surface area contributed by atoms with E-state index >= 15 is 0 Å². The van der Waals surface area contributed by atoms with Gasteiger partial charge in [-0.25, -0.2) is 4.98 Å². The fourth-order valence-electron chi connectivity index (χ4n) is 4.27. The first-order chi connectivity index (χ1) is 17.4. The summed E-state index contributed by atoms with van der Waals surface area (Å²) in [6, 6.07) is 29.2. The number of halogens is 1. The summed E-state index contributed by atoms with van der Waals surface area (Å²) in [5.41, 5.74) is 6.05. The largest absolute Gasteiger partial charge is 0.302 e. The third kappa shape index (κ3) is 4.78. The van der Waals surface area contributed by atoms with E-state index in [1.165, 1.54) is 0 Å². The topological polar surface area (TPSA) is 54.7 Å². The van der Waals surface area contributed by atoms with E-state index in [0.29, 0.717) is 22.3 Å². The number of ketones is 2. The van der Waals surface area contributed by atoms with Gasteiger partial charge in [0.1, 0.15) is 6.33 Å². The Labute approximate surface area is 218 Å². The minimum absolute atomic E-state index is 0.0534. The number of likely N-dealkylation sites (N-methyl/N-ethyl adjacent to an activating group) is 1. The molecule has 0 aliphatic carbocycles. The molecule has 6 heteroatoms. The van der Waals surface area contributed by atoms with Crippen LogP contribution in [0.15, 0.2) is 102 Å². The van der Waals surface area contributed by atoms with Crippen LogP contribution in [-0.2, 0) is 0 Å². The van der Waals surface area contributed by atoms with Gasteiger partial charge in [-0.3, -0.25) is 14.0 Å². The van der Waals surface area contributed by atoms with Crippen molar-refractivity contribution in [2.45, 2.75) is 0 Å². The molecule has 5 nitrogen and oxygen atoms in total. The summed E-state index contributed by atoms with van der Waals surface area (Å²) in [7, 11) is 3.70. The highest BCUT2D eigenvalue weighted by atomic mass is 79.9. The molecule has 2 heterocycles. The van der Waals surface area contributed by atoms with Crippen molar-refractivity contribution in [1.29, 1.82) is 0 Å². The lowest BCUT2D eigenvalue weighted by molar-refractivity contribution is 0.0959. The summed E-state index contributed by atoms with van der Waals surface area (Å²) >= 11 is 3.43. The average molecular weight is 538 g/mol. The summed E-state index contributed by atoms with van der Waals surface area (Å²) in [5, 5.41) is 0. The first-order valence-corrected chi connectivity index (χ1v) is 12.3. The Hall–Kier alpha value is -3.87. The lowest BCUT2D eigenvalue weighted by Gasteiger charge is -2.09. The maximum atomic E-state index is 13.4. The molecule has 3 aromatic carbocycles. The van der Waals surface area contributed by atoms with Crippen LogP contribution in [0.5, 0.6) is 0 Å². The second kappa shape index (κ2) is 10.0. The Morgan fingerprint density at radius 1 is 0.833 bits per heavy atom. The number of rotatable bonds is 7. The van der Waals surface area contributed by atoms with Crippen LogP contribution in [-0.4, -0.2) is 46.5 Å². The van der Waals surface area contributed by atoms with Gasteiger partial charge in [0.25, 0.3) is 0 Å². The second-order valence-electron chi connectivity index (χ2n) is 8.92. The SMILES string of the molecule is CN(C)CC(=O)c1cc(C(=O)c2cccc(Br)c2)n2cnc(-c3ccc(-c4ccccc4)cc3)cc12. The Morgan fingerprint density at radius 3 is 2.22 bits per heavy atom. The van der Waals surface area contributed by atoms with Crippen molar-refractivity contribution >= 4 is 33.0 Å². The molecule has 0 amide bonds. The Morgan fingerprint density at radius 2 is 1.53 bits per heavy atom. The summed E-state index contributed by atoms with van der Waals surface area (Å²) in [4.78, 5) is 33.0. The molecule has 0 saturated heterocycles. The number of hydrogen-bond acceptors (Lipinski definition) is 4. The number of aromatic nitrogens is 2. The number of carbonyl (C=O) groups excluding carboxylic acids is 2. The first kappa shape index (κ1) is 23.9. The molecular weight excluding hydrogens is 514 g/mol. The molecule has 178 valence electrons. The van der Waals surface area contributed by atoms with Crippen molar-refractivity contribution in [2.24, 2.45) is 0 Å². The van der Waals surface area contributed by atoms with Crippen molar-refractivity contribution in [2.75, 3.05) is 20.6 Å². The number of carbonyl (C=O) groups is 2. The van der Waals surface area contributed by atoms with Crippen LogP contribution >= 0.6 is 15.9 Å². The number of benzene rings is 3. The molecule has 0 aliphatic heterocycles. The van der Waals surface area contributed by atoms with Gasteiger partial charge in [-0.2, -0.15) is 0 Å². The van der Waals surface area contributed by atoms with Gasteiger partial charge < -0.3 is 4.90 Å². The van der Waals surface area contributed by atoms with Crippen molar-refractivity contribution in [3.05, 3.63) is 119 Å². The summed E-state index contributed by atoms with van der Waals surface area (Å²) in [5.74, 6) is -0.223. The van der Waals surface area contributed by atoms with Crippen molar-refractivity contribution in [3.8, 4) is 22.4 Å². The van der Waals surface area contributed by atoms with Gasteiger partial charge in [-0.1, -0.05) is 82.7 Å². The van der Waals surface area contributed by atoms with Crippen LogP contribution in [0, 0.1) is 0 Å². The first-order valence-electron chi connectivity index (χ1n) is 11.6. The van der Waals surface area contributed by atoms with Gasteiger partial charge in [0.15, 0.2) is 5.78 Å². The number of fused-ring (bicyclic) bond motifs is 1. The van der Waals surface area contributed by atoms with Gasteiger partial charge in [0, 0.05) is 21.2 Å². The average Bonchev–Trinajstić information content (AvgIpc) is 3.27. The zero-order valence-corrected chi connectivity index (χ0v) is 21.6. The Bertz CT molecular complexity index is 1570. The fraction of sp³-hybridized carbons (Fsp3) is 0.100. The van der Waals surface area contributed by atoms with E-state index in [9.17, 15) is 9.59 Å². The van der Waals surface area contributed by atoms with E-state index in [1.54, 1.807) is 28.9 Å². The molecule has 0 radical (unpaired) electrons. The Balaban J connectivity index is 1.59. The predicted octanol–water partition coefficient (Wildman–Crippen LogP) is 6.41. The van der Waals surface area contributed by atoms with Crippen molar-refractivity contribution in [1.82, 2.24) is 14.3 Å². The Kier molecular flexibility index (Phi) is 6.63. The van der Waals surface area contributed by atoms with Crippen LogP contribution in [0.4, 0.5) is 0 Å². The van der Waals surface area contributed by atoms with Crippen LogP contribution in [0.3, 0.4) is 0 Å². The molecule has 0 unspecified atom stereocenters. The fourth-order valence-corrected chi connectivity index (χ4v) is 4.67. The van der Waals surface area contributed by atoms with Gasteiger partial charge >= 0.3 is 0 Å². The molecule has 0 fully saturated rings. The third-order valence-corrected chi connectivity index (χ3v) is 6.52. The molecule has 0 aliphatic rings. The molecule has 0 saturated carbocycles. The van der Waals surface area contributed by atoms with Crippen molar-refractivity contribution < 1.29 is 9.59 Å². The van der Waals surface area contributed by atoms with E-state index in [1.807, 2.05) is 67.5 Å². The van der Waals surface area contributed by atoms with Gasteiger partial charge in [0.2, 0.25) is 5.78 Å². The van der Waals surface area contributed by atoms with E-state index in [-0.39, 0.29) is 18.1 Å². The lowest BCUT2D eigenvalue weighted by Crippen LogP contribution is -2.21. The quantitative estimate of drug-likeness (QED) is 0.225. The molecule has 5 aromatic rings. The molecule has 0 N–H and O–H groups in total. The van der Waals surface area contributed by atoms with Crippen LogP contribution < -0.4 is 0 Å². The number of nitrogens with zero attached hydrogens (tertiary/aromatic N) is 3.